The van der Waals surface area contributed by atoms with E-state index in [9.17, 15) is 17.6 Å². The minimum atomic E-state index is -3.54. The number of nitrogens with zero attached hydrogens (tertiary/aromatic N) is 1. The molecule has 2 aromatic rings. The Balaban J connectivity index is 1.51. The molecule has 5 nitrogen and oxygen atoms in total. The van der Waals surface area contributed by atoms with Gasteiger partial charge < -0.3 is 5.32 Å². The molecule has 0 bridgehead atoms. The summed E-state index contributed by atoms with van der Waals surface area (Å²) in [6, 6.07) is 11.5. The zero-order chi connectivity index (χ0) is 21.0. The number of benzene rings is 2. The van der Waals surface area contributed by atoms with E-state index in [1.165, 1.54) is 16.4 Å². The number of aryl methyl sites for hydroxylation is 2. The predicted octanol–water partition coefficient (Wildman–Crippen LogP) is 3.20. The van der Waals surface area contributed by atoms with E-state index >= 15 is 0 Å². The van der Waals surface area contributed by atoms with Crippen LogP contribution in [0.1, 0.15) is 29.5 Å². The van der Waals surface area contributed by atoms with Gasteiger partial charge in [-0.2, -0.15) is 4.31 Å². The molecule has 1 aliphatic heterocycles. The first-order chi connectivity index (χ1) is 13.8. The summed E-state index contributed by atoms with van der Waals surface area (Å²) >= 11 is 0. The van der Waals surface area contributed by atoms with Gasteiger partial charge in [-0.25, -0.2) is 12.8 Å². The summed E-state index contributed by atoms with van der Waals surface area (Å²) in [5, 5.41) is 2.89. The fourth-order valence-electron chi connectivity index (χ4n) is 3.55. The maximum absolute atomic E-state index is 13.2. The lowest BCUT2D eigenvalue weighted by atomic mass is 9.97. The van der Waals surface area contributed by atoms with Gasteiger partial charge in [0.1, 0.15) is 5.82 Å². The molecule has 0 saturated carbocycles. The van der Waals surface area contributed by atoms with Crippen LogP contribution in [0, 0.1) is 25.6 Å². The van der Waals surface area contributed by atoms with Crippen molar-refractivity contribution in [2.24, 2.45) is 5.92 Å². The third-order valence-corrected chi connectivity index (χ3v) is 7.44. The number of amides is 1. The first kappa shape index (κ1) is 21.5. The Bertz CT molecular complexity index is 983. The second kappa shape index (κ2) is 9.05. The fraction of sp³-hybridized carbons (Fsp3) is 0.409. The van der Waals surface area contributed by atoms with Gasteiger partial charge >= 0.3 is 0 Å². The summed E-state index contributed by atoms with van der Waals surface area (Å²) in [5.74, 6) is -0.551. The molecule has 0 aromatic heterocycles. The van der Waals surface area contributed by atoms with Gasteiger partial charge in [0.2, 0.25) is 15.9 Å². The predicted molar refractivity (Wildman–Crippen MR) is 111 cm³/mol. The van der Waals surface area contributed by atoms with Crippen molar-refractivity contribution in [2.45, 2.75) is 38.0 Å². The molecule has 0 unspecified atom stereocenters. The third kappa shape index (κ3) is 5.22. The molecule has 1 amide bonds. The Hall–Kier alpha value is -2.25. The Morgan fingerprint density at radius 3 is 2.48 bits per heavy atom. The minimum absolute atomic E-state index is 0.0652. The second-order valence-electron chi connectivity index (χ2n) is 7.60. The number of sulfonamides is 1. The minimum Gasteiger partial charge on any atom is -0.356 e. The SMILES string of the molecule is Cc1ccc(S(=O)(=O)N2CCC(C(=O)NCCc3cccc(F)c3)CC2)cc1C. The van der Waals surface area contributed by atoms with Crippen LogP contribution in [-0.2, 0) is 21.2 Å². The van der Waals surface area contributed by atoms with Crippen molar-refractivity contribution < 1.29 is 17.6 Å². The van der Waals surface area contributed by atoms with Gasteiger partial charge in [0.05, 0.1) is 4.90 Å². The van der Waals surface area contributed by atoms with Crippen LogP contribution in [0.4, 0.5) is 4.39 Å². The molecule has 1 heterocycles. The van der Waals surface area contributed by atoms with Crippen LogP contribution in [0.5, 0.6) is 0 Å². The van der Waals surface area contributed by atoms with Gasteiger partial charge in [0, 0.05) is 25.6 Å². The highest BCUT2D eigenvalue weighted by Crippen LogP contribution is 2.25. The smallest absolute Gasteiger partial charge is 0.243 e. The maximum Gasteiger partial charge on any atom is 0.243 e. The average molecular weight is 419 g/mol. The van der Waals surface area contributed by atoms with Gasteiger partial charge in [-0.05, 0) is 74.1 Å². The van der Waals surface area contributed by atoms with Gasteiger partial charge in [0.25, 0.3) is 0 Å². The summed E-state index contributed by atoms with van der Waals surface area (Å²) in [6.07, 6.45) is 1.55. The standard InChI is InChI=1S/C22H27FN2O3S/c1-16-6-7-21(14-17(16)2)29(27,28)25-12-9-19(10-13-25)22(26)24-11-8-18-4-3-5-20(23)15-18/h3-7,14-15,19H,8-13H2,1-2H3,(H,24,26). The van der Waals surface area contributed by atoms with Gasteiger partial charge in [0.15, 0.2) is 0 Å². The number of piperidine rings is 1. The summed E-state index contributed by atoms with van der Waals surface area (Å²) in [7, 11) is -3.54. The highest BCUT2D eigenvalue weighted by Gasteiger charge is 2.32. The highest BCUT2D eigenvalue weighted by molar-refractivity contribution is 7.89. The highest BCUT2D eigenvalue weighted by atomic mass is 32.2. The van der Waals surface area contributed by atoms with E-state index in [0.29, 0.717) is 43.8 Å². The molecule has 29 heavy (non-hydrogen) atoms. The molecule has 0 spiro atoms. The van der Waals surface area contributed by atoms with Gasteiger partial charge in [-0.1, -0.05) is 18.2 Å². The first-order valence-electron chi connectivity index (χ1n) is 9.87. The third-order valence-electron chi connectivity index (χ3n) is 5.54. The summed E-state index contributed by atoms with van der Waals surface area (Å²) in [6.45, 7) is 4.94. The lowest BCUT2D eigenvalue weighted by Gasteiger charge is -2.30. The van der Waals surface area contributed by atoms with Crippen molar-refractivity contribution in [3.05, 3.63) is 65.0 Å². The number of carbonyl (C=O) groups excluding carboxylic acids is 1. The molecule has 7 heteroatoms. The normalized spacial score (nSPS) is 16.0. The Morgan fingerprint density at radius 2 is 1.83 bits per heavy atom. The van der Waals surface area contributed by atoms with Crippen LogP contribution in [-0.4, -0.2) is 38.3 Å². The van der Waals surface area contributed by atoms with Crippen molar-refractivity contribution in [3.8, 4) is 0 Å². The van der Waals surface area contributed by atoms with Crippen molar-refractivity contribution >= 4 is 15.9 Å². The second-order valence-corrected chi connectivity index (χ2v) is 9.53. The number of carbonyl (C=O) groups is 1. The zero-order valence-corrected chi connectivity index (χ0v) is 17.6. The number of halogens is 1. The molecule has 0 radical (unpaired) electrons. The summed E-state index contributed by atoms with van der Waals surface area (Å²) in [4.78, 5) is 12.7. The van der Waals surface area contributed by atoms with Gasteiger partial charge in [-0.3, -0.25) is 4.79 Å². The maximum atomic E-state index is 13.2. The molecule has 1 aliphatic rings. The lowest BCUT2D eigenvalue weighted by molar-refractivity contribution is -0.126. The first-order valence-corrected chi connectivity index (χ1v) is 11.3. The van der Waals surface area contributed by atoms with Crippen LogP contribution in [0.15, 0.2) is 47.4 Å². The zero-order valence-electron chi connectivity index (χ0n) is 16.8. The van der Waals surface area contributed by atoms with Crippen LogP contribution >= 0.6 is 0 Å². The molecule has 2 aromatic carbocycles. The van der Waals surface area contributed by atoms with Crippen molar-refractivity contribution in [1.82, 2.24) is 9.62 Å². The Kier molecular flexibility index (Phi) is 6.70. The largest absolute Gasteiger partial charge is 0.356 e. The number of rotatable bonds is 6. The molecular formula is C22H27FN2O3S. The van der Waals surface area contributed by atoms with Crippen molar-refractivity contribution in [3.63, 3.8) is 0 Å². The van der Waals surface area contributed by atoms with Gasteiger partial charge in [-0.15, -0.1) is 0 Å². The van der Waals surface area contributed by atoms with E-state index in [4.69, 9.17) is 0 Å². The molecular weight excluding hydrogens is 391 g/mol. The molecule has 0 atom stereocenters. The lowest BCUT2D eigenvalue weighted by Crippen LogP contribution is -2.43. The van der Waals surface area contributed by atoms with E-state index in [0.717, 1.165) is 16.7 Å². The van der Waals surface area contributed by atoms with E-state index < -0.39 is 10.0 Å². The molecule has 3 rings (SSSR count). The van der Waals surface area contributed by atoms with Crippen LogP contribution < -0.4 is 5.32 Å². The molecule has 0 aliphatic carbocycles. The van der Waals surface area contributed by atoms with Crippen LogP contribution in [0.2, 0.25) is 0 Å². The summed E-state index contributed by atoms with van der Waals surface area (Å²) in [5.41, 5.74) is 2.83. The van der Waals surface area contributed by atoms with Crippen LogP contribution in [0.3, 0.4) is 0 Å². The Labute approximate surface area is 172 Å². The number of hydrogen-bond donors (Lipinski definition) is 1. The topological polar surface area (TPSA) is 66.5 Å². The molecule has 1 fully saturated rings. The van der Waals surface area contributed by atoms with E-state index in [2.05, 4.69) is 5.32 Å². The van der Waals surface area contributed by atoms with Crippen LogP contribution in [0.25, 0.3) is 0 Å². The molecule has 1 N–H and O–H groups in total. The van der Waals surface area contributed by atoms with E-state index in [-0.39, 0.29) is 17.6 Å². The average Bonchev–Trinajstić information content (AvgIpc) is 2.70. The van der Waals surface area contributed by atoms with E-state index in [1.54, 1.807) is 18.2 Å². The van der Waals surface area contributed by atoms with Crippen molar-refractivity contribution in [1.29, 1.82) is 0 Å². The fourth-order valence-corrected chi connectivity index (χ4v) is 5.10. The molecule has 1 saturated heterocycles. The monoisotopic (exact) mass is 418 g/mol. The number of nitrogens with one attached hydrogen (secondary N) is 1. The van der Waals surface area contributed by atoms with Crippen molar-refractivity contribution in [2.75, 3.05) is 19.6 Å². The number of hydrogen-bond acceptors (Lipinski definition) is 3. The van der Waals surface area contributed by atoms with E-state index in [1.807, 2.05) is 26.0 Å². The molecule has 156 valence electrons. The quantitative estimate of drug-likeness (QED) is 0.783. The Morgan fingerprint density at radius 1 is 1.10 bits per heavy atom. The summed E-state index contributed by atoms with van der Waals surface area (Å²) < 4.78 is 40.4.